The van der Waals surface area contributed by atoms with Crippen LogP contribution in [0.15, 0.2) is 30.3 Å². The van der Waals surface area contributed by atoms with Crippen LogP contribution in [0.1, 0.15) is 48.2 Å². The van der Waals surface area contributed by atoms with E-state index < -0.39 is 0 Å². The van der Waals surface area contributed by atoms with Crippen LogP contribution in [-0.4, -0.2) is 40.6 Å². The maximum atomic E-state index is 12.6. The highest BCUT2D eigenvalue weighted by atomic mass is 16.3. The Morgan fingerprint density at radius 2 is 1.96 bits per heavy atom. The van der Waals surface area contributed by atoms with Gasteiger partial charge in [-0.15, -0.1) is 0 Å². The molecule has 0 saturated heterocycles. The predicted molar refractivity (Wildman–Crippen MR) is 99.6 cm³/mol. The monoisotopic (exact) mass is 353 g/mol. The first-order valence-electron chi connectivity index (χ1n) is 9.17. The minimum absolute atomic E-state index is 0.0387. The van der Waals surface area contributed by atoms with Crippen LogP contribution in [0.3, 0.4) is 0 Å². The highest BCUT2D eigenvalue weighted by molar-refractivity contribution is 6.09. The number of aromatic amines is 1. The molecule has 2 heterocycles. The van der Waals surface area contributed by atoms with Crippen LogP contribution < -0.4 is 10.6 Å². The van der Waals surface area contributed by atoms with E-state index in [0.29, 0.717) is 12.2 Å². The van der Waals surface area contributed by atoms with Crippen LogP contribution in [0.4, 0.5) is 0 Å². The second-order valence-electron chi connectivity index (χ2n) is 7.11. The summed E-state index contributed by atoms with van der Waals surface area (Å²) in [6.45, 7) is 0.411. The highest BCUT2D eigenvalue weighted by Gasteiger charge is 2.25. The van der Waals surface area contributed by atoms with Gasteiger partial charge < -0.3 is 20.7 Å². The molecule has 1 aromatic carbocycles. The Kier molecular flexibility index (Phi) is 4.51. The summed E-state index contributed by atoms with van der Waals surface area (Å²) in [5, 5.41) is 16.5. The van der Waals surface area contributed by atoms with Crippen molar-refractivity contribution in [1.29, 1.82) is 0 Å². The number of aliphatic hydroxyl groups is 1. The third kappa shape index (κ3) is 3.24. The van der Waals surface area contributed by atoms with Gasteiger partial charge in [-0.2, -0.15) is 0 Å². The van der Waals surface area contributed by atoms with Crippen molar-refractivity contribution < 1.29 is 14.7 Å². The molecule has 2 aromatic rings. The van der Waals surface area contributed by atoms with Crippen LogP contribution in [0, 0.1) is 0 Å². The van der Waals surface area contributed by atoms with Crippen LogP contribution in [0.25, 0.3) is 16.5 Å². The van der Waals surface area contributed by atoms with Crippen molar-refractivity contribution in [2.45, 2.75) is 44.2 Å². The van der Waals surface area contributed by atoms with Crippen molar-refractivity contribution in [3.8, 4) is 0 Å². The number of fused-ring (bicyclic) bond motifs is 3. The fourth-order valence-corrected chi connectivity index (χ4v) is 3.94. The molecule has 0 bridgehead atoms. The van der Waals surface area contributed by atoms with Gasteiger partial charge in [0.15, 0.2) is 0 Å². The number of nitrogens with one attached hydrogen (secondary N) is 3. The zero-order valence-corrected chi connectivity index (χ0v) is 14.5. The van der Waals surface area contributed by atoms with E-state index in [4.69, 9.17) is 0 Å². The first kappa shape index (κ1) is 16.8. The van der Waals surface area contributed by atoms with Crippen LogP contribution in [0.2, 0.25) is 0 Å². The van der Waals surface area contributed by atoms with Gasteiger partial charge in [-0.25, -0.2) is 0 Å². The van der Waals surface area contributed by atoms with Crippen molar-refractivity contribution >= 4 is 28.3 Å². The van der Waals surface area contributed by atoms with Gasteiger partial charge in [0.25, 0.3) is 5.91 Å². The van der Waals surface area contributed by atoms with Gasteiger partial charge >= 0.3 is 0 Å². The summed E-state index contributed by atoms with van der Waals surface area (Å²) in [6.07, 6.45) is 5.02. The maximum Gasteiger partial charge on any atom is 0.268 e. The Hall–Kier alpha value is -2.60. The average molecular weight is 353 g/mol. The molecule has 1 fully saturated rings. The summed E-state index contributed by atoms with van der Waals surface area (Å²) in [5.41, 5.74) is 3.10. The summed E-state index contributed by atoms with van der Waals surface area (Å²) >= 11 is 0. The molecule has 6 nitrogen and oxygen atoms in total. The van der Waals surface area contributed by atoms with Gasteiger partial charge in [-0.1, -0.05) is 24.3 Å². The molecule has 1 aliphatic carbocycles. The molecule has 4 N–H and O–H groups in total. The lowest BCUT2D eigenvalue weighted by Crippen LogP contribution is -2.38. The van der Waals surface area contributed by atoms with Crippen molar-refractivity contribution in [2.24, 2.45) is 0 Å². The molecule has 1 saturated carbocycles. The number of para-hydroxylation sites is 1. The fourth-order valence-electron chi connectivity index (χ4n) is 3.94. The molecule has 2 amide bonds. The van der Waals surface area contributed by atoms with E-state index >= 15 is 0 Å². The molecule has 1 aromatic heterocycles. The van der Waals surface area contributed by atoms with Gasteiger partial charge in [0.05, 0.1) is 12.5 Å². The molecule has 0 unspecified atom stereocenters. The second kappa shape index (κ2) is 6.96. The summed E-state index contributed by atoms with van der Waals surface area (Å²) < 4.78 is 0. The smallest absolute Gasteiger partial charge is 0.268 e. The SMILES string of the molecule is O=C(CC1=CCNC(=O)c2[nH]c3ccccc3c21)NC1CCC(O)CC1. The molecule has 4 rings (SSSR count). The van der Waals surface area contributed by atoms with Crippen molar-refractivity contribution in [1.82, 2.24) is 15.6 Å². The van der Waals surface area contributed by atoms with Crippen molar-refractivity contribution in [3.05, 3.63) is 41.6 Å². The van der Waals surface area contributed by atoms with Gasteiger partial charge in [0, 0.05) is 29.1 Å². The standard InChI is InChI=1S/C20H23N3O3/c24-14-7-5-13(6-8-14)22-17(25)11-12-9-10-21-20(26)19-18(12)15-3-1-2-4-16(15)23-19/h1-4,9,13-14,23-24H,5-8,10-11H2,(H,21,26)(H,22,25). The molecule has 136 valence electrons. The Labute approximate surface area is 151 Å². The minimum Gasteiger partial charge on any atom is -0.393 e. The molecule has 1 aliphatic heterocycles. The number of hydrogen-bond donors (Lipinski definition) is 4. The van der Waals surface area contributed by atoms with Crippen LogP contribution in [-0.2, 0) is 4.79 Å². The quantitative estimate of drug-likeness (QED) is 0.681. The Morgan fingerprint density at radius 1 is 1.19 bits per heavy atom. The van der Waals surface area contributed by atoms with E-state index in [-0.39, 0.29) is 30.4 Å². The Morgan fingerprint density at radius 3 is 2.77 bits per heavy atom. The van der Waals surface area contributed by atoms with Gasteiger partial charge in [-0.05, 0) is 37.3 Å². The Bertz CT molecular complexity index is 876. The van der Waals surface area contributed by atoms with E-state index in [0.717, 1.165) is 47.7 Å². The molecule has 0 radical (unpaired) electrons. The number of hydrogen-bond acceptors (Lipinski definition) is 3. The number of aromatic nitrogens is 1. The number of H-pyrrole nitrogens is 1. The summed E-state index contributed by atoms with van der Waals surface area (Å²) in [6, 6.07) is 7.88. The second-order valence-corrected chi connectivity index (χ2v) is 7.11. The van der Waals surface area contributed by atoms with Crippen LogP contribution >= 0.6 is 0 Å². The third-order valence-corrected chi connectivity index (χ3v) is 5.28. The predicted octanol–water partition coefficient (Wildman–Crippen LogP) is 2.10. The average Bonchev–Trinajstić information content (AvgIpc) is 2.95. The maximum absolute atomic E-state index is 12.6. The first-order valence-corrected chi connectivity index (χ1v) is 9.17. The molecular formula is C20H23N3O3. The molecule has 2 aliphatic rings. The van der Waals surface area contributed by atoms with Crippen LogP contribution in [0.5, 0.6) is 0 Å². The molecule has 26 heavy (non-hydrogen) atoms. The number of carbonyl (C=O) groups is 2. The van der Waals surface area contributed by atoms with Gasteiger partial charge in [0.2, 0.25) is 5.91 Å². The number of aliphatic hydroxyl groups excluding tert-OH is 1. The number of carbonyl (C=O) groups excluding carboxylic acids is 2. The summed E-state index contributed by atoms with van der Waals surface area (Å²) in [4.78, 5) is 28.1. The van der Waals surface area contributed by atoms with E-state index in [9.17, 15) is 14.7 Å². The number of rotatable bonds is 3. The zero-order valence-electron chi connectivity index (χ0n) is 14.5. The van der Waals surface area contributed by atoms with Gasteiger partial charge in [-0.3, -0.25) is 9.59 Å². The topological polar surface area (TPSA) is 94.2 Å². The number of amides is 2. The molecular weight excluding hydrogens is 330 g/mol. The van der Waals surface area contributed by atoms with E-state index in [1.54, 1.807) is 0 Å². The third-order valence-electron chi connectivity index (χ3n) is 5.28. The zero-order chi connectivity index (χ0) is 18.1. The highest BCUT2D eigenvalue weighted by Crippen LogP contribution is 2.32. The molecule has 6 heteroatoms. The largest absolute Gasteiger partial charge is 0.393 e. The lowest BCUT2D eigenvalue weighted by molar-refractivity contribution is -0.121. The summed E-state index contributed by atoms with van der Waals surface area (Å²) in [7, 11) is 0. The van der Waals surface area contributed by atoms with Crippen molar-refractivity contribution in [2.75, 3.05) is 6.54 Å². The fraction of sp³-hybridized carbons (Fsp3) is 0.400. The number of benzene rings is 1. The van der Waals surface area contributed by atoms with E-state index in [1.807, 2.05) is 30.3 Å². The Balaban J connectivity index is 1.57. The summed E-state index contributed by atoms with van der Waals surface area (Å²) in [5.74, 6) is -0.188. The van der Waals surface area contributed by atoms with E-state index in [2.05, 4.69) is 15.6 Å². The normalized spacial score (nSPS) is 23.0. The lowest BCUT2D eigenvalue weighted by Gasteiger charge is -2.26. The first-order chi connectivity index (χ1) is 12.6. The van der Waals surface area contributed by atoms with Crippen molar-refractivity contribution in [3.63, 3.8) is 0 Å². The molecule has 0 spiro atoms. The molecule has 0 atom stereocenters. The van der Waals surface area contributed by atoms with Gasteiger partial charge in [0.1, 0.15) is 5.69 Å². The van der Waals surface area contributed by atoms with E-state index in [1.165, 1.54) is 0 Å². The minimum atomic E-state index is -0.237. The lowest BCUT2D eigenvalue weighted by atomic mass is 9.92.